The monoisotopic (exact) mass is 340 g/mol. The average Bonchev–Trinajstić information content (AvgIpc) is 3.07. The maximum atomic E-state index is 12.0. The minimum atomic E-state index is -0.421. The number of aromatic hydroxyl groups is 1. The fraction of sp³-hybridized carbons (Fsp3) is 0. The number of amides is 1. The summed E-state index contributed by atoms with van der Waals surface area (Å²) in [5, 5.41) is 20.4. The van der Waals surface area contributed by atoms with Crippen LogP contribution < -0.4 is 5.43 Å². The molecular weight excluding hydrogens is 328 g/mol. The fourth-order valence-electron chi connectivity index (χ4n) is 2.03. The third-order valence-corrected chi connectivity index (χ3v) is 3.57. The molecule has 0 saturated heterocycles. The van der Waals surface area contributed by atoms with E-state index >= 15 is 0 Å². The lowest BCUT2D eigenvalue weighted by Crippen LogP contribution is -2.17. The highest BCUT2D eigenvalue weighted by molar-refractivity contribution is 6.33. The number of nitrogens with one attached hydrogen (secondary N) is 2. The molecule has 3 aromatic rings. The molecule has 6 nitrogen and oxygen atoms in total. The summed E-state index contributed by atoms with van der Waals surface area (Å²) in [6.45, 7) is 0. The molecule has 1 amide bonds. The van der Waals surface area contributed by atoms with E-state index in [-0.39, 0.29) is 11.4 Å². The summed E-state index contributed by atoms with van der Waals surface area (Å²) in [5.74, 6) is -0.253. The molecule has 3 N–H and O–H groups in total. The van der Waals surface area contributed by atoms with Gasteiger partial charge in [0.1, 0.15) is 11.4 Å². The molecule has 0 unspecified atom stereocenters. The molecule has 1 aromatic heterocycles. The van der Waals surface area contributed by atoms with E-state index in [2.05, 4.69) is 20.7 Å². The van der Waals surface area contributed by atoms with Crippen LogP contribution in [-0.2, 0) is 0 Å². The number of phenolic OH excluding ortho intramolecular Hbond substituents is 1. The van der Waals surface area contributed by atoms with Crippen molar-refractivity contribution in [2.45, 2.75) is 0 Å². The van der Waals surface area contributed by atoms with Gasteiger partial charge in [0, 0.05) is 5.56 Å². The van der Waals surface area contributed by atoms with Crippen molar-refractivity contribution in [3.63, 3.8) is 0 Å². The minimum absolute atomic E-state index is 0.167. The van der Waals surface area contributed by atoms with Crippen molar-refractivity contribution in [2.24, 2.45) is 5.10 Å². The molecule has 0 radical (unpaired) electrons. The Morgan fingerprint density at radius 2 is 1.96 bits per heavy atom. The number of hydrogen-bond donors (Lipinski definition) is 3. The van der Waals surface area contributed by atoms with Crippen molar-refractivity contribution in [1.82, 2.24) is 15.6 Å². The predicted molar refractivity (Wildman–Crippen MR) is 92.2 cm³/mol. The number of aromatic amines is 1. The van der Waals surface area contributed by atoms with Crippen molar-refractivity contribution < 1.29 is 9.90 Å². The molecule has 2 aromatic carbocycles. The number of nitrogens with zero attached hydrogens (tertiary/aromatic N) is 2. The molecule has 0 aliphatic carbocycles. The van der Waals surface area contributed by atoms with E-state index in [0.29, 0.717) is 10.7 Å². The number of benzene rings is 2. The van der Waals surface area contributed by atoms with Gasteiger partial charge in [0.05, 0.1) is 16.9 Å². The maximum absolute atomic E-state index is 12.0. The summed E-state index contributed by atoms with van der Waals surface area (Å²) in [5.41, 5.74) is 4.74. The molecule has 0 saturated carbocycles. The van der Waals surface area contributed by atoms with Gasteiger partial charge in [-0.1, -0.05) is 29.8 Å². The van der Waals surface area contributed by atoms with E-state index in [0.717, 1.165) is 11.1 Å². The Morgan fingerprint density at radius 3 is 2.71 bits per heavy atom. The molecule has 24 heavy (non-hydrogen) atoms. The van der Waals surface area contributed by atoms with Crippen LogP contribution in [0.3, 0.4) is 0 Å². The van der Waals surface area contributed by atoms with Gasteiger partial charge >= 0.3 is 0 Å². The number of carbonyl (C=O) groups is 1. The van der Waals surface area contributed by atoms with Crippen molar-refractivity contribution in [1.29, 1.82) is 0 Å². The minimum Gasteiger partial charge on any atom is -0.508 e. The number of halogens is 1. The fourth-order valence-corrected chi connectivity index (χ4v) is 2.26. The van der Waals surface area contributed by atoms with Crippen LogP contribution >= 0.6 is 11.6 Å². The Labute approximate surface area is 142 Å². The molecule has 1 heterocycles. The van der Waals surface area contributed by atoms with Crippen molar-refractivity contribution in [3.8, 4) is 17.0 Å². The Balaban J connectivity index is 1.68. The van der Waals surface area contributed by atoms with Crippen LogP contribution in [0, 0.1) is 0 Å². The third-order valence-electron chi connectivity index (χ3n) is 3.25. The van der Waals surface area contributed by atoms with E-state index in [4.69, 9.17) is 11.6 Å². The van der Waals surface area contributed by atoms with Crippen molar-refractivity contribution >= 4 is 23.7 Å². The first-order chi connectivity index (χ1) is 11.6. The summed E-state index contributed by atoms with van der Waals surface area (Å²) in [6.07, 6.45) is 1.47. The third kappa shape index (κ3) is 3.61. The van der Waals surface area contributed by atoms with Crippen LogP contribution in [-0.4, -0.2) is 27.4 Å². The SMILES string of the molecule is O=C(N/N=C\c1ccc(O)cc1)c1cc(-c2ccccc2Cl)n[nH]1. The molecule has 3 rings (SSSR count). The van der Waals surface area contributed by atoms with Crippen LogP contribution in [0.25, 0.3) is 11.3 Å². The molecule has 0 spiro atoms. The average molecular weight is 341 g/mol. The van der Waals surface area contributed by atoms with Crippen LogP contribution in [0.1, 0.15) is 16.1 Å². The lowest BCUT2D eigenvalue weighted by atomic mass is 10.1. The first-order valence-electron chi connectivity index (χ1n) is 7.06. The highest BCUT2D eigenvalue weighted by Crippen LogP contribution is 2.26. The van der Waals surface area contributed by atoms with E-state index in [9.17, 15) is 9.90 Å². The maximum Gasteiger partial charge on any atom is 0.289 e. The standard InChI is InChI=1S/C17H13ClN4O2/c18-14-4-2-1-3-13(14)15-9-16(21-20-15)17(24)22-19-10-11-5-7-12(23)8-6-11/h1-10,23H,(H,20,21)(H,22,24)/b19-10-. The number of H-pyrrole nitrogens is 1. The molecule has 0 fully saturated rings. The second-order valence-electron chi connectivity index (χ2n) is 4.94. The Bertz CT molecular complexity index is 888. The van der Waals surface area contributed by atoms with Crippen molar-refractivity contribution in [3.05, 3.63) is 70.9 Å². The van der Waals surface area contributed by atoms with Crippen LogP contribution in [0.5, 0.6) is 5.75 Å². The van der Waals surface area contributed by atoms with Gasteiger partial charge in [0.2, 0.25) is 0 Å². The van der Waals surface area contributed by atoms with Crippen molar-refractivity contribution in [2.75, 3.05) is 0 Å². The van der Waals surface area contributed by atoms with Gasteiger partial charge in [-0.05, 0) is 42.0 Å². The Kier molecular flexibility index (Phi) is 4.58. The number of hydrogen-bond acceptors (Lipinski definition) is 4. The molecule has 0 aliphatic heterocycles. The summed E-state index contributed by atoms with van der Waals surface area (Å²) in [7, 11) is 0. The van der Waals surface area contributed by atoms with Gasteiger partial charge in [-0.2, -0.15) is 10.2 Å². The number of carbonyl (C=O) groups excluding carboxylic acids is 1. The highest BCUT2D eigenvalue weighted by Gasteiger charge is 2.12. The number of aromatic nitrogens is 2. The molecular formula is C17H13ClN4O2. The van der Waals surface area contributed by atoms with Gasteiger partial charge in [0.15, 0.2) is 0 Å². The quantitative estimate of drug-likeness (QED) is 0.503. The van der Waals surface area contributed by atoms with E-state index in [1.54, 1.807) is 24.3 Å². The summed E-state index contributed by atoms with van der Waals surface area (Å²) >= 11 is 6.11. The number of rotatable bonds is 4. The van der Waals surface area contributed by atoms with Gasteiger partial charge < -0.3 is 5.11 Å². The number of hydrazone groups is 1. The first kappa shape index (κ1) is 15.8. The van der Waals surface area contributed by atoms with Crippen LogP contribution in [0.2, 0.25) is 5.02 Å². The number of phenols is 1. The smallest absolute Gasteiger partial charge is 0.289 e. The summed E-state index contributed by atoms with van der Waals surface area (Å²) in [6, 6.07) is 15.3. The normalized spacial score (nSPS) is 10.9. The molecule has 0 atom stereocenters. The molecule has 7 heteroatoms. The second kappa shape index (κ2) is 6.97. The zero-order valence-corrected chi connectivity index (χ0v) is 13.2. The lowest BCUT2D eigenvalue weighted by Gasteiger charge is -1.98. The lowest BCUT2D eigenvalue weighted by molar-refractivity contribution is 0.0950. The zero-order valence-electron chi connectivity index (χ0n) is 12.4. The second-order valence-corrected chi connectivity index (χ2v) is 5.34. The topological polar surface area (TPSA) is 90.4 Å². The largest absolute Gasteiger partial charge is 0.508 e. The van der Waals surface area contributed by atoms with Gasteiger partial charge in [-0.25, -0.2) is 5.43 Å². The molecule has 0 bridgehead atoms. The Morgan fingerprint density at radius 1 is 1.21 bits per heavy atom. The van der Waals surface area contributed by atoms with Gasteiger partial charge in [0.25, 0.3) is 5.91 Å². The van der Waals surface area contributed by atoms with E-state index in [1.807, 2.05) is 18.2 Å². The van der Waals surface area contributed by atoms with Crippen LogP contribution in [0.15, 0.2) is 59.7 Å². The summed E-state index contributed by atoms with van der Waals surface area (Å²) in [4.78, 5) is 12.0. The van der Waals surface area contributed by atoms with Gasteiger partial charge in [-0.15, -0.1) is 0 Å². The molecule has 120 valence electrons. The molecule has 0 aliphatic rings. The summed E-state index contributed by atoms with van der Waals surface area (Å²) < 4.78 is 0. The first-order valence-corrected chi connectivity index (χ1v) is 7.44. The van der Waals surface area contributed by atoms with Gasteiger partial charge in [-0.3, -0.25) is 9.89 Å². The Hall–Kier alpha value is -3.12. The predicted octanol–water partition coefficient (Wildman–Crippen LogP) is 3.20. The van der Waals surface area contributed by atoms with Crippen LogP contribution in [0.4, 0.5) is 0 Å². The zero-order chi connectivity index (χ0) is 16.9. The highest BCUT2D eigenvalue weighted by atomic mass is 35.5. The van der Waals surface area contributed by atoms with E-state index < -0.39 is 5.91 Å². The van der Waals surface area contributed by atoms with E-state index in [1.165, 1.54) is 18.3 Å².